The zero-order valence-electron chi connectivity index (χ0n) is 7.67. The van der Waals surface area contributed by atoms with Crippen LogP contribution in [0, 0.1) is 0 Å². The van der Waals surface area contributed by atoms with E-state index < -0.39 is 0 Å². The Bertz CT molecular complexity index is 348. The highest BCUT2D eigenvalue weighted by molar-refractivity contribution is 7.18. The van der Waals surface area contributed by atoms with Crippen molar-refractivity contribution in [1.82, 2.24) is 5.32 Å². The molecule has 5 heteroatoms. The van der Waals surface area contributed by atoms with Gasteiger partial charge in [0, 0.05) is 6.42 Å². The maximum absolute atomic E-state index is 11.4. The zero-order chi connectivity index (χ0) is 10.6. The van der Waals surface area contributed by atoms with Gasteiger partial charge in [-0.15, -0.1) is 11.3 Å². The van der Waals surface area contributed by atoms with Gasteiger partial charge in [0.25, 0.3) is 0 Å². The van der Waals surface area contributed by atoms with Gasteiger partial charge in [-0.3, -0.25) is 9.59 Å². The van der Waals surface area contributed by atoms with Crippen LogP contribution in [-0.4, -0.2) is 18.2 Å². The lowest BCUT2D eigenvalue weighted by Gasteiger charge is -2.00. The molecule has 0 saturated carbocycles. The van der Waals surface area contributed by atoms with E-state index in [1.165, 1.54) is 11.3 Å². The lowest BCUT2D eigenvalue weighted by atomic mass is 10.3. The van der Waals surface area contributed by atoms with Crippen molar-refractivity contribution in [3.05, 3.63) is 21.3 Å². The molecule has 0 aliphatic carbocycles. The molecule has 0 spiro atoms. The molecule has 0 bridgehead atoms. The van der Waals surface area contributed by atoms with Gasteiger partial charge in [0.15, 0.2) is 5.78 Å². The third-order valence-corrected chi connectivity index (χ3v) is 2.89. The molecule has 0 aliphatic heterocycles. The van der Waals surface area contributed by atoms with Gasteiger partial charge < -0.3 is 5.32 Å². The fourth-order valence-corrected chi connectivity index (χ4v) is 1.84. The molecule has 0 aromatic carbocycles. The van der Waals surface area contributed by atoms with Crippen molar-refractivity contribution in [3.8, 4) is 0 Å². The summed E-state index contributed by atoms with van der Waals surface area (Å²) >= 11 is 6.89. The molecule has 0 unspecified atom stereocenters. The zero-order valence-corrected chi connectivity index (χ0v) is 9.24. The van der Waals surface area contributed by atoms with Gasteiger partial charge in [-0.1, -0.05) is 18.5 Å². The van der Waals surface area contributed by atoms with Crippen LogP contribution in [0.1, 0.15) is 23.0 Å². The number of thiophene rings is 1. The average Bonchev–Trinajstić information content (AvgIpc) is 2.60. The highest BCUT2D eigenvalue weighted by atomic mass is 35.5. The summed E-state index contributed by atoms with van der Waals surface area (Å²) in [6.07, 6.45) is 0.387. The highest BCUT2D eigenvalue weighted by Crippen LogP contribution is 2.21. The van der Waals surface area contributed by atoms with E-state index in [1.54, 1.807) is 19.1 Å². The largest absolute Gasteiger partial charge is 0.349 e. The van der Waals surface area contributed by atoms with Crippen molar-refractivity contribution in [1.29, 1.82) is 0 Å². The van der Waals surface area contributed by atoms with Crippen LogP contribution in [0.3, 0.4) is 0 Å². The molecule has 76 valence electrons. The molecule has 1 rings (SSSR count). The van der Waals surface area contributed by atoms with Gasteiger partial charge in [0.1, 0.15) is 0 Å². The van der Waals surface area contributed by atoms with Gasteiger partial charge in [-0.05, 0) is 12.1 Å². The fraction of sp³-hybridized carbons (Fsp3) is 0.333. The molecule has 0 radical (unpaired) electrons. The lowest BCUT2D eigenvalue weighted by Crippen LogP contribution is -2.28. The summed E-state index contributed by atoms with van der Waals surface area (Å²) < 4.78 is 0.579. The molecule has 0 saturated heterocycles. The standard InChI is InChI=1S/C9H10ClNO2S/c1-2-9(13)11-5-6(12)7-3-4-8(10)14-7/h3-4H,2,5H2,1H3,(H,11,13). The van der Waals surface area contributed by atoms with Crippen molar-refractivity contribution in [2.45, 2.75) is 13.3 Å². The number of carbonyl (C=O) groups is 2. The van der Waals surface area contributed by atoms with Crippen LogP contribution in [-0.2, 0) is 4.79 Å². The smallest absolute Gasteiger partial charge is 0.220 e. The highest BCUT2D eigenvalue weighted by Gasteiger charge is 2.09. The summed E-state index contributed by atoms with van der Waals surface area (Å²) in [5, 5.41) is 2.51. The van der Waals surface area contributed by atoms with Crippen LogP contribution in [0.25, 0.3) is 0 Å². The first-order valence-electron chi connectivity index (χ1n) is 4.18. The number of nitrogens with one attached hydrogen (secondary N) is 1. The van der Waals surface area contributed by atoms with Gasteiger partial charge in [0.2, 0.25) is 5.91 Å². The third kappa shape index (κ3) is 3.12. The van der Waals surface area contributed by atoms with Crippen LogP contribution < -0.4 is 5.32 Å². The monoisotopic (exact) mass is 231 g/mol. The van der Waals surface area contributed by atoms with E-state index >= 15 is 0 Å². The number of amides is 1. The van der Waals surface area contributed by atoms with Crippen molar-refractivity contribution >= 4 is 34.6 Å². The molecular weight excluding hydrogens is 222 g/mol. The Balaban J connectivity index is 2.47. The first-order valence-corrected chi connectivity index (χ1v) is 5.38. The molecule has 3 nitrogen and oxygen atoms in total. The van der Waals surface area contributed by atoms with Gasteiger partial charge in [-0.25, -0.2) is 0 Å². The van der Waals surface area contributed by atoms with Gasteiger partial charge in [0.05, 0.1) is 15.8 Å². The first kappa shape index (κ1) is 11.2. The van der Waals surface area contributed by atoms with E-state index in [0.29, 0.717) is 15.6 Å². The van der Waals surface area contributed by atoms with E-state index in [2.05, 4.69) is 5.32 Å². The van der Waals surface area contributed by atoms with Crippen molar-refractivity contribution in [3.63, 3.8) is 0 Å². The number of ketones is 1. The molecule has 0 fully saturated rings. The Morgan fingerprint density at radius 3 is 2.71 bits per heavy atom. The summed E-state index contributed by atoms with van der Waals surface area (Å²) in [6.45, 7) is 1.78. The topological polar surface area (TPSA) is 46.2 Å². The number of halogens is 1. The normalized spacial score (nSPS) is 9.86. The van der Waals surface area contributed by atoms with E-state index in [4.69, 9.17) is 11.6 Å². The van der Waals surface area contributed by atoms with Crippen molar-refractivity contribution in [2.24, 2.45) is 0 Å². The van der Waals surface area contributed by atoms with E-state index in [1.807, 2.05) is 0 Å². The van der Waals surface area contributed by atoms with E-state index in [9.17, 15) is 9.59 Å². The molecular formula is C9H10ClNO2S. The number of carbonyl (C=O) groups excluding carboxylic acids is 2. The number of Topliss-reactive ketones (excluding diaryl/α,β-unsaturated/α-hetero) is 1. The minimum Gasteiger partial charge on any atom is -0.349 e. The Morgan fingerprint density at radius 2 is 2.21 bits per heavy atom. The summed E-state index contributed by atoms with van der Waals surface area (Å²) in [4.78, 5) is 22.9. The molecule has 1 N–H and O–H groups in total. The Hall–Kier alpha value is -0.870. The van der Waals surface area contributed by atoms with Crippen LogP contribution in [0.15, 0.2) is 12.1 Å². The van der Waals surface area contributed by atoms with Gasteiger partial charge >= 0.3 is 0 Å². The van der Waals surface area contributed by atoms with Crippen molar-refractivity contribution in [2.75, 3.05) is 6.54 Å². The molecule has 1 amide bonds. The SMILES string of the molecule is CCC(=O)NCC(=O)c1ccc(Cl)s1. The summed E-state index contributed by atoms with van der Waals surface area (Å²) in [5.74, 6) is -0.232. The molecule has 0 aliphatic rings. The summed E-state index contributed by atoms with van der Waals surface area (Å²) in [5.41, 5.74) is 0. The molecule has 1 heterocycles. The quantitative estimate of drug-likeness (QED) is 0.807. The van der Waals surface area contributed by atoms with Crippen LogP contribution in [0.2, 0.25) is 4.34 Å². The Kier molecular flexibility index (Phi) is 4.10. The minimum absolute atomic E-state index is 0.0452. The summed E-state index contributed by atoms with van der Waals surface area (Å²) in [6, 6.07) is 3.33. The van der Waals surface area contributed by atoms with E-state index in [-0.39, 0.29) is 18.2 Å². The first-order chi connectivity index (χ1) is 6.63. The second kappa shape index (κ2) is 5.12. The van der Waals surface area contributed by atoms with Crippen LogP contribution in [0.4, 0.5) is 0 Å². The van der Waals surface area contributed by atoms with E-state index in [0.717, 1.165) is 0 Å². The molecule has 1 aromatic rings. The average molecular weight is 232 g/mol. The van der Waals surface area contributed by atoms with Crippen LogP contribution in [0.5, 0.6) is 0 Å². The second-order valence-electron chi connectivity index (χ2n) is 2.66. The third-order valence-electron chi connectivity index (χ3n) is 1.62. The van der Waals surface area contributed by atoms with Crippen LogP contribution >= 0.6 is 22.9 Å². The fourth-order valence-electron chi connectivity index (χ4n) is 0.855. The second-order valence-corrected chi connectivity index (χ2v) is 4.37. The maximum atomic E-state index is 11.4. The van der Waals surface area contributed by atoms with Crippen molar-refractivity contribution < 1.29 is 9.59 Å². The molecule has 1 aromatic heterocycles. The minimum atomic E-state index is -0.124. The Morgan fingerprint density at radius 1 is 1.50 bits per heavy atom. The number of hydrogen-bond donors (Lipinski definition) is 1. The molecule has 14 heavy (non-hydrogen) atoms. The predicted molar refractivity (Wildman–Crippen MR) is 57.0 cm³/mol. The van der Waals surface area contributed by atoms with Gasteiger partial charge in [-0.2, -0.15) is 0 Å². The lowest BCUT2D eigenvalue weighted by molar-refractivity contribution is -0.120. The number of hydrogen-bond acceptors (Lipinski definition) is 3. The predicted octanol–water partition coefficient (Wildman–Crippen LogP) is 2.11. The molecule has 0 atom stereocenters. The Labute approximate surface area is 91.1 Å². The number of rotatable bonds is 4. The maximum Gasteiger partial charge on any atom is 0.220 e. The summed E-state index contributed by atoms with van der Waals surface area (Å²) in [7, 11) is 0.